The van der Waals surface area contributed by atoms with E-state index in [-0.39, 0.29) is 28.6 Å². The molecule has 0 N–H and O–H groups in total. The Balaban J connectivity index is 2.21. The summed E-state index contributed by atoms with van der Waals surface area (Å²) in [5.41, 5.74) is 0.794. The molecule has 0 spiro atoms. The molecule has 0 atom stereocenters. The maximum absolute atomic E-state index is 13.0. The highest BCUT2D eigenvalue weighted by molar-refractivity contribution is 6.34. The third-order valence-electron chi connectivity index (χ3n) is 2.51. The molecule has 4 heteroatoms. The van der Waals surface area contributed by atoms with Crippen LogP contribution in [0.25, 0.3) is 0 Å². The summed E-state index contributed by atoms with van der Waals surface area (Å²) >= 11 is 5.84. The van der Waals surface area contributed by atoms with Crippen molar-refractivity contribution in [1.82, 2.24) is 0 Å². The maximum atomic E-state index is 13.0. The summed E-state index contributed by atoms with van der Waals surface area (Å²) in [6, 6.07) is 9.21. The van der Waals surface area contributed by atoms with Crippen LogP contribution in [-0.2, 0) is 6.42 Å². The summed E-state index contributed by atoms with van der Waals surface area (Å²) < 4.78 is 25.7. The van der Waals surface area contributed by atoms with E-state index in [0.717, 1.165) is 6.07 Å². The van der Waals surface area contributed by atoms with Crippen molar-refractivity contribution in [3.63, 3.8) is 0 Å². The molecule has 0 unspecified atom stereocenters. The van der Waals surface area contributed by atoms with Crippen LogP contribution in [0.2, 0.25) is 5.02 Å². The second-order valence-electron chi connectivity index (χ2n) is 3.85. The molecule has 18 heavy (non-hydrogen) atoms. The van der Waals surface area contributed by atoms with Crippen LogP contribution in [0.15, 0.2) is 42.5 Å². The van der Waals surface area contributed by atoms with Gasteiger partial charge >= 0.3 is 0 Å². The number of rotatable bonds is 3. The molecular formula is C14H9ClF2O. The molecular weight excluding hydrogens is 258 g/mol. The third-order valence-corrected chi connectivity index (χ3v) is 2.84. The minimum atomic E-state index is -0.512. The normalized spacial score (nSPS) is 10.4. The summed E-state index contributed by atoms with van der Waals surface area (Å²) in [5.74, 6) is -1.18. The van der Waals surface area contributed by atoms with Gasteiger partial charge in [-0.3, -0.25) is 4.79 Å². The number of carbonyl (C=O) groups is 1. The SMILES string of the molecule is O=C(Cc1ccc(F)cc1)c1cc(F)ccc1Cl. The van der Waals surface area contributed by atoms with Crippen molar-refractivity contribution < 1.29 is 13.6 Å². The molecule has 0 heterocycles. The molecule has 0 radical (unpaired) electrons. The predicted octanol–water partition coefficient (Wildman–Crippen LogP) is 4.04. The fourth-order valence-electron chi connectivity index (χ4n) is 1.59. The van der Waals surface area contributed by atoms with Crippen LogP contribution in [0, 0.1) is 11.6 Å². The Morgan fingerprint density at radius 3 is 2.28 bits per heavy atom. The van der Waals surface area contributed by atoms with Crippen LogP contribution >= 0.6 is 11.6 Å². The number of Topliss-reactive ketones (excluding diaryl/α,β-unsaturated/α-hetero) is 1. The summed E-state index contributed by atoms with van der Waals surface area (Å²) in [7, 11) is 0. The standard InChI is InChI=1S/C14H9ClF2O/c15-13-6-5-11(17)8-12(13)14(18)7-9-1-3-10(16)4-2-9/h1-6,8H,7H2. The van der Waals surface area contributed by atoms with E-state index in [4.69, 9.17) is 11.6 Å². The number of carbonyl (C=O) groups excluding carboxylic acids is 1. The minimum absolute atomic E-state index is 0.0590. The van der Waals surface area contributed by atoms with Crippen molar-refractivity contribution in [2.24, 2.45) is 0 Å². The van der Waals surface area contributed by atoms with E-state index in [9.17, 15) is 13.6 Å². The molecule has 2 aromatic carbocycles. The Kier molecular flexibility index (Phi) is 3.72. The van der Waals surface area contributed by atoms with Crippen LogP contribution in [0.3, 0.4) is 0 Å². The van der Waals surface area contributed by atoms with Crippen LogP contribution in [0.5, 0.6) is 0 Å². The highest BCUT2D eigenvalue weighted by atomic mass is 35.5. The average Bonchev–Trinajstić information content (AvgIpc) is 2.35. The van der Waals surface area contributed by atoms with E-state index in [1.54, 1.807) is 0 Å². The Bertz CT molecular complexity index is 579. The van der Waals surface area contributed by atoms with Crippen LogP contribution in [-0.4, -0.2) is 5.78 Å². The van der Waals surface area contributed by atoms with Gasteiger partial charge < -0.3 is 0 Å². The quantitative estimate of drug-likeness (QED) is 0.766. The predicted molar refractivity (Wildman–Crippen MR) is 65.8 cm³/mol. The number of ketones is 1. The van der Waals surface area contributed by atoms with E-state index in [2.05, 4.69) is 0 Å². The lowest BCUT2D eigenvalue weighted by Gasteiger charge is -2.04. The molecule has 0 amide bonds. The maximum Gasteiger partial charge on any atom is 0.168 e. The number of hydrogen-bond acceptors (Lipinski definition) is 1. The van der Waals surface area contributed by atoms with Crippen molar-refractivity contribution in [2.45, 2.75) is 6.42 Å². The molecule has 1 nitrogen and oxygen atoms in total. The van der Waals surface area contributed by atoms with Gasteiger partial charge in [0.1, 0.15) is 11.6 Å². The fourth-order valence-corrected chi connectivity index (χ4v) is 1.82. The summed E-state index contributed by atoms with van der Waals surface area (Å²) in [6.45, 7) is 0. The molecule has 0 aliphatic carbocycles. The van der Waals surface area contributed by atoms with Crippen LogP contribution in [0.1, 0.15) is 15.9 Å². The summed E-state index contributed by atoms with van der Waals surface area (Å²) in [5, 5.41) is 0.212. The first-order valence-electron chi connectivity index (χ1n) is 5.29. The molecule has 0 fully saturated rings. The van der Waals surface area contributed by atoms with Crippen molar-refractivity contribution >= 4 is 17.4 Å². The second kappa shape index (κ2) is 5.27. The first-order valence-corrected chi connectivity index (χ1v) is 5.67. The summed E-state index contributed by atoms with van der Waals surface area (Å²) in [4.78, 5) is 11.9. The molecule has 0 bridgehead atoms. The Morgan fingerprint density at radius 2 is 1.61 bits per heavy atom. The van der Waals surface area contributed by atoms with Gasteiger partial charge in [-0.2, -0.15) is 0 Å². The van der Waals surface area contributed by atoms with Crippen molar-refractivity contribution in [1.29, 1.82) is 0 Å². The van der Waals surface area contributed by atoms with Crippen molar-refractivity contribution in [2.75, 3.05) is 0 Å². The van der Waals surface area contributed by atoms with E-state index in [1.807, 2.05) is 0 Å². The molecule has 2 rings (SSSR count). The minimum Gasteiger partial charge on any atom is -0.294 e. The van der Waals surface area contributed by atoms with Gasteiger partial charge in [0.25, 0.3) is 0 Å². The third kappa shape index (κ3) is 2.93. The largest absolute Gasteiger partial charge is 0.294 e. The Morgan fingerprint density at radius 1 is 1.00 bits per heavy atom. The zero-order valence-electron chi connectivity index (χ0n) is 9.29. The molecule has 0 saturated heterocycles. The molecule has 0 aromatic heterocycles. The van der Waals surface area contributed by atoms with Gasteiger partial charge in [-0.25, -0.2) is 8.78 Å². The molecule has 0 saturated carbocycles. The van der Waals surface area contributed by atoms with Gasteiger partial charge in [0.05, 0.1) is 5.02 Å². The van der Waals surface area contributed by atoms with Gasteiger partial charge in [-0.15, -0.1) is 0 Å². The molecule has 2 aromatic rings. The number of hydrogen-bond donors (Lipinski definition) is 0. The van der Waals surface area contributed by atoms with Crippen molar-refractivity contribution in [3.05, 3.63) is 70.2 Å². The topological polar surface area (TPSA) is 17.1 Å². The first kappa shape index (κ1) is 12.7. The van der Waals surface area contributed by atoms with Crippen LogP contribution in [0.4, 0.5) is 8.78 Å². The Hall–Kier alpha value is -1.74. The highest BCUT2D eigenvalue weighted by Gasteiger charge is 2.12. The first-order chi connectivity index (χ1) is 8.56. The number of halogens is 3. The van der Waals surface area contributed by atoms with Gasteiger partial charge in [-0.05, 0) is 35.9 Å². The van der Waals surface area contributed by atoms with Gasteiger partial charge in [-0.1, -0.05) is 23.7 Å². The second-order valence-corrected chi connectivity index (χ2v) is 4.26. The Labute approximate surface area is 108 Å². The van der Waals surface area contributed by atoms with Gasteiger partial charge in [0.2, 0.25) is 0 Å². The zero-order valence-corrected chi connectivity index (χ0v) is 10.0. The molecule has 92 valence electrons. The number of benzene rings is 2. The smallest absolute Gasteiger partial charge is 0.168 e. The lowest BCUT2D eigenvalue weighted by molar-refractivity contribution is 0.0992. The summed E-state index contributed by atoms with van der Waals surface area (Å²) in [6.07, 6.45) is 0.0590. The van der Waals surface area contributed by atoms with Crippen molar-refractivity contribution in [3.8, 4) is 0 Å². The monoisotopic (exact) mass is 266 g/mol. The fraction of sp³-hybridized carbons (Fsp3) is 0.0714. The molecule has 0 aliphatic rings. The zero-order chi connectivity index (χ0) is 13.1. The van der Waals surface area contributed by atoms with Crippen LogP contribution < -0.4 is 0 Å². The van der Waals surface area contributed by atoms with E-state index >= 15 is 0 Å². The lowest BCUT2D eigenvalue weighted by Crippen LogP contribution is -2.05. The lowest BCUT2D eigenvalue weighted by atomic mass is 10.0. The van der Waals surface area contributed by atoms with E-state index in [1.165, 1.54) is 36.4 Å². The average molecular weight is 267 g/mol. The highest BCUT2D eigenvalue weighted by Crippen LogP contribution is 2.19. The van der Waals surface area contributed by atoms with Gasteiger partial charge in [0, 0.05) is 12.0 Å². The van der Waals surface area contributed by atoms with E-state index in [0.29, 0.717) is 5.56 Å². The van der Waals surface area contributed by atoms with E-state index < -0.39 is 5.82 Å². The van der Waals surface area contributed by atoms with Gasteiger partial charge in [0.15, 0.2) is 5.78 Å². The molecule has 0 aliphatic heterocycles.